The van der Waals surface area contributed by atoms with E-state index in [4.69, 9.17) is 37.9 Å². The zero-order chi connectivity index (χ0) is 57.8. The minimum absolute atomic E-state index is 0.0214. The molecular weight excluding hydrogens is 1030 g/mol. The average molecular weight is 1120 g/mol. The number of Topliss-reactive ketones (excluding diaryl/α,β-unsaturated/α-hetero) is 1. The highest BCUT2D eigenvalue weighted by molar-refractivity contribution is 5.96. The lowest BCUT2D eigenvalue weighted by Crippen LogP contribution is -2.81. The van der Waals surface area contributed by atoms with Crippen LogP contribution in [0.2, 0.25) is 0 Å². The molecule has 440 valence electrons. The molecule has 4 N–H and O–H groups in total. The molecule has 0 spiro atoms. The Labute approximate surface area is 470 Å². The number of aliphatic hydroxyl groups is 3. The first-order valence-electron chi connectivity index (χ1n) is 28.9. The number of rotatable bonds is 26. The molecule has 7 rings (SSSR count). The Morgan fingerprint density at radius 3 is 2.05 bits per heavy atom. The highest BCUT2D eigenvalue weighted by atomic mass is 16.8. The van der Waals surface area contributed by atoms with E-state index in [1.54, 1.807) is 74.5 Å². The van der Waals surface area contributed by atoms with E-state index in [0.29, 0.717) is 12.0 Å². The van der Waals surface area contributed by atoms with E-state index in [1.165, 1.54) is 52.4 Å². The quantitative estimate of drug-likeness (QED) is 0.0297. The maximum atomic E-state index is 15.4. The van der Waals surface area contributed by atoms with Gasteiger partial charge in [0.1, 0.15) is 36.6 Å². The first-order valence-corrected chi connectivity index (χ1v) is 28.9. The van der Waals surface area contributed by atoms with Crippen LogP contribution >= 0.6 is 0 Å². The fourth-order valence-electron chi connectivity index (χ4n) is 12.8. The van der Waals surface area contributed by atoms with Crippen molar-refractivity contribution < 1.29 is 82.0 Å². The highest BCUT2D eigenvalue weighted by Gasteiger charge is 2.77. The largest absolute Gasteiger partial charge is 0.509 e. The van der Waals surface area contributed by atoms with Crippen molar-refractivity contribution in [3.63, 3.8) is 0 Å². The van der Waals surface area contributed by atoms with E-state index in [2.05, 4.69) is 24.4 Å². The van der Waals surface area contributed by atoms with Crippen LogP contribution in [0.1, 0.15) is 173 Å². The van der Waals surface area contributed by atoms with Gasteiger partial charge < -0.3 is 58.5 Å². The lowest BCUT2D eigenvalue weighted by atomic mass is 9.44. The first kappa shape index (κ1) is 62.1. The molecule has 2 aromatic rings. The Balaban J connectivity index is 1.09. The summed E-state index contributed by atoms with van der Waals surface area (Å²) in [6, 6.07) is 15.0. The number of ketones is 1. The molecule has 2 heterocycles. The van der Waals surface area contributed by atoms with Gasteiger partial charge in [-0.3, -0.25) is 19.2 Å². The second kappa shape index (κ2) is 27.5. The number of fused-ring (bicyclic) bond motifs is 5. The molecule has 4 fully saturated rings. The van der Waals surface area contributed by atoms with Gasteiger partial charge >= 0.3 is 24.1 Å². The molecule has 2 bridgehead atoms. The number of amides is 1. The average Bonchev–Trinajstić information content (AvgIpc) is 3.96. The molecule has 2 unspecified atom stereocenters. The first-order chi connectivity index (χ1) is 38.2. The number of benzene rings is 2. The van der Waals surface area contributed by atoms with Crippen LogP contribution < -0.4 is 5.32 Å². The summed E-state index contributed by atoms with van der Waals surface area (Å²) in [6.07, 6.45) is 7.52. The molecule has 0 aromatic heterocycles. The van der Waals surface area contributed by atoms with Gasteiger partial charge in [-0.2, -0.15) is 0 Å². The smallest absolute Gasteiger partial charge is 0.455 e. The van der Waals surface area contributed by atoms with Gasteiger partial charge in [-0.1, -0.05) is 133 Å². The number of aliphatic hydroxyl groups excluding tert-OH is 2. The van der Waals surface area contributed by atoms with E-state index >= 15 is 9.59 Å². The Morgan fingerprint density at radius 1 is 0.812 bits per heavy atom. The van der Waals surface area contributed by atoms with Crippen LogP contribution in [0.25, 0.3) is 0 Å². The standard InChI is InChI=1S/C62H85NO17/c1-8-9-10-11-12-13-14-15-16-17-18-19-20-21-28-33-48-73-36-44(77-48)37-74-58(71)79-52(50(42-29-24-22-25-30-42)63-56(69)43-31-26-23-27-32-43)57(70)78-45-35-62(72)55(68)53-60(7,46(66)34-47-61(53,38-75-47)80-41(4)65)54(67)51(76-40(3)64)49(39(45)2)59(62,5)6/h15-16,22-27,29-32,44-48,50-53,55,66,68,72H,8-14,17-21,28,33-38H2,1-7H3,(H,63,69)/b16-15-/t44?,45-,46-,47+,48?,50-,51+,52+,53-,55-,60+,61-,62+/m0/s1. The Bertz CT molecular complexity index is 2520. The summed E-state index contributed by atoms with van der Waals surface area (Å²) < 4.78 is 47.3. The monoisotopic (exact) mass is 1120 g/mol. The van der Waals surface area contributed by atoms with Crippen molar-refractivity contribution >= 4 is 35.8 Å². The number of carbonyl (C=O) groups excluding carboxylic acids is 6. The summed E-state index contributed by atoms with van der Waals surface area (Å²) >= 11 is 0. The Morgan fingerprint density at radius 2 is 1.44 bits per heavy atom. The summed E-state index contributed by atoms with van der Waals surface area (Å²) in [5, 5.41) is 41.0. The van der Waals surface area contributed by atoms with Gasteiger partial charge in [0.2, 0.25) is 6.10 Å². The number of allylic oxidation sites excluding steroid dienone is 2. The zero-order valence-electron chi connectivity index (χ0n) is 47.7. The van der Waals surface area contributed by atoms with Gasteiger partial charge in [0.15, 0.2) is 23.8 Å². The molecule has 80 heavy (non-hydrogen) atoms. The third-order valence-electron chi connectivity index (χ3n) is 17.4. The van der Waals surface area contributed by atoms with E-state index in [9.17, 15) is 34.5 Å². The fraction of sp³-hybridized carbons (Fsp3) is 0.645. The number of unbranched alkanes of at least 4 members (excludes halogenated alkanes) is 11. The SMILES string of the molecule is CCCCCCCC/C=C\CCCCCCCC1OCC(COC(=O)O[C@@H](C(=O)O[C@H]2C[C@@]3(O)[C@@H](O)[C@@H]4[C@]5(OC(C)=O)CO[C@@H]5C[C@H](O)[C@@]4(C)C(=O)[C@H](OC(C)=O)C(=C2C)C3(C)C)[C@@H](NC(=O)c2ccccc2)c2ccccc2)O1. The molecule has 2 aromatic carbocycles. The number of hydrogen-bond acceptors (Lipinski definition) is 17. The molecule has 18 heteroatoms. The van der Waals surface area contributed by atoms with Crippen molar-refractivity contribution in [3.05, 3.63) is 95.1 Å². The summed E-state index contributed by atoms with van der Waals surface area (Å²) in [4.78, 5) is 84.3. The maximum Gasteiger partial charge on any atom is 0.509 e. The van der Waals surface area contributed by atoms with Crippen molar-refractivity contribution in [1.29, 1.82) is 0 Å². The molecule has 2 aliphatic heterocycles. The van der Waals surface area contributed by atoms with Crippen LogP contribution in [0.5, 0.6) is 0 Å². The molecule has 1 amide bonds. The maximum absolute atomic E-state index is 15.4. The highest BCUT2D eigenvalue weighted by Crippen LogP contribution is 2.63. The van der Waals surface area contributed by atoms with E-state index in [1.807, 2.05) is 0 Å². The summed E-state index contributed by atoms with van der Waals surface area (Å²) in [5.74, 6) is -5.97. The third kappa shape index (κ3) is 13.7. The molecule has 5 aliphatic rings. The lowest BCUT2D eigenvalue weighted by Gasteiger charge is -2.67. The molecule has 18 nitrogen and oxygen atoms in total. The molecule has 2 saturated heterocycles. The topological polar surface area (TPSA) is 249 Å². The molecule has 2 saturated carbocycles. The number of carbonyl (C=O) groups is 6. The van der Waals surface area contributed by atoms with Gasteiger partial charge in [-0.25, -0.2) is 9.59 Å². The molecule has 0 radical (unpaired) electrons. The Hall–Kier alpha value is -5.50. The fourth-order valence-corrected chi connectivity index (χ4v) is 12.8. The van der Waals surface area contributed by atoms with Crippen molar-refractivity contribution in [2.45, 2.75) is 217 Å². The van der Waals surface area contributed by atoms with Crippen LogP contribution in [0.3, 0.4) is 0 Å². The van der Waals surface area contributed by atoms with Crippen molar-refractivity contribution in [2.75, 3.05) is 19.8 Å². The van der Waals surface area contributed by atoms with Gasteiger partial charge in [-0.05, 0) is 81.2 Å². The molecule has 3 aliphatic carbocycles. The van der Waals surface area contributed by atoms with Gasteiger partial charge in [0.25, 0.3) is 5.91 Å². The normalized spacial score (nSPS) is 30.4. The second-order valence-electron chi connectivity index (χ2n) is 23.2. The number of hydrogen-bond donors (Lipinski definition) is 4. The van der Waals surface area contributed by atoms with Crippen LogP contribution in [0.15, 0.2) is 84.0 Å². The van der Waals surface area contributed by atoms with Crippen molar-refractivity contribution in [1.82, 2.24) is 5.32 Å². The van der Waals surface area contributed by atoms with Crippen LogP contribution in [-0.2, 0) is 57.1 Å². The summed E-state index contributed by atoms with van der Waals surface area (Å²) in [6.45, 7) is 10.00. The van der Waals surface area contributed by atoms with E-state index < -0.39 is 125 Å². The van der Waals surface area contributed by atoms with Crippen molar-refractivity contribution in [2.24, 2.45) is 16.7 Å². The lowest BCUT2D eigenvalue weighted by molar-refractivity contribution is -0.346. The number of ether oxygens (including phenoxy) is 8. The predicted octanol–water partition coefficient (Wildman–Crippen LogP) is 8.81. The van der Waals surface area contributed by atoms with Gasteiger partial charge in [0.05, 0.1) is 30.8 Å². The third-order valence-corrected chi connectivity index (χ3v) is 17.4. The number of esters is 3. The van der Waals surface area contributed by atoms with Crippen LogP contribution in [0.4, 0.5) is 4.79 Å². The van der Waals surface area contributed by atoms with Crippen LogP contribution in [-0.4, -0.2) is 131 Å². The molecule has 13 atom stereocenters. The zero-order valence-corrected chi connectivity index (χ0v) is 47.7. The van der Waals surface area contributed by atoms with E-state index in [-0.39, 0.29) is 43.0 Å². The number of nitrogens with one attached hydrogen (secondary N) is 1. The minimum atomic E-state index is -2.41. The van der Waals surface area contributed by atoms with Gasteiger partial charge in [0, 0.05) is 43.6 Å². The molecular formula is C62H85NO17. The van der Waals surface area contributed by atoms with Crippen molar-refractivity contribution in [3.8, 4) is 0 Å². The van der Waals surface area contributed by atoms with E-state index in [0.717, 1.165) is 58.8 Å². The van der Waals surface area contributed by atoms with Gasteiger partial charge in [-0.15, -0.1) is 0 Å². The summed E-state index contributed by atoms with van der Waals surface area (Å²) in [5.41, 5.74) is -7.17. The van der Waals surface area contributed by atoms with Crippen LogP contribution in [0, 0.1) is 16.7 Å². The minimum Gasteiger partial charge on any atom is -0.455 e. The second-order valence-corrected chi connectivity index (χ2v) is 23.2. The summed E-state index contributed by atoms with van der Waals surface area (Å²) in [7, 11) is 0. The Kier molecular flexibility index (Phi) is 21.4. The predicted molar refractivity (Wildman–Crippen MR) is 292 cm³/mol.